The lowest BCUT2D eigenvalue weighted by Gasteiger charge is -2.27. The van der Waals surface area contributed by atoms with Crippen LogP contribution in [0.2, 0.25) is 0 Å². The summed E-state index contributed by atoms with van der Waals surface area (Å²) in [5.74, 6) is -0.457. The molecule has 2 atom stereocenters. The molecule has 3 heterocycles. The minimum atomic E-state index is -0.772. The molecule has 0 unspecified atom stereocenters. The van der Waals surface area contributed by atoms with Crippen LogP contribution in [0.1, 0.15) is 47.0 Å². The van der Waals surface area contributed by atoms with Gasteiger partial charge in [-0.25, -0.2) is 0 Å². The third kappa shape index (κ3) is 15.7. The van der Waals surface area contributed by atoms with Crippen molar-refractivity contribution in [3.05, 3.63) is 48.5 Å². The molecule has 14 heteroatoms. The third-order valence-electron chi connectivity index (χ3n) is 7.07. The fraction of sp³-hybridized carbons (Fsp3) is 0.543. The Kier molecular flexibility index (Phi) is 18.7. The first kappa shape index (κ1) is 40.9. The summed E-state index contributed by atoms with van der Waals surface area (Å²) in [7, 11) is 0. The quantitative estimate of drug-likeness (QED) is 0.159. The van der Waals surface area contributed by atoms with Crippen LogP contribution in [0, 0.1) is 0 Å². The Morgan fingerprint density at radius 3 is 1.84 bits per heavy atom. The Bertz CT molecular complexity index is 1290. The summed E-state index contributed by atoms with van der Waals surface area (Å²) < 4.78 is 24.8. The molecule has 0 aliphatic carbocycles. The Morgan fingerprint density at radius 2 is 1.37 bits per heavy atom. The Balaban J connectivity index is 0.000000281. The highest BCUT2D eigenvalue weighted by atomic mass is 16.6. The van der Waals surface area contributed by atoms with Crippen LogP contribution in [-0.4, -0.2) is 107 Å². The molecular weight excluding hydrogens is 636 g/mol. The van der Waals surface area contributed by atoms with Gasteiger partial charge in [-0.05, 0) is 61.4 Å². The average Bonchev–Trinajstić information content (AvgIpc) is 3.93. The van der Waals surface area contributed by atoms with Crippen molar-refractivity contribution in [2.75, 3.05) is 86.7 Å². The van der Waals surface area contributed by atoms with Gasteiger partial charge in [-0.1, -0.05) is 21.3 Å². The number of esters is 2. The van der Waals surface area contributed by atoms with E-state index in [1.54, 1.807) is 21.9 Å². The maximum absolute atomic E-state index is 11.8. The summed E-state index contributed by atoms with van der Waals surface area (Å²) >= 11 is 0. The van der Waals surface area contributed by atoms with Gasteiger partial charge < -0.3 is 49.6 Å². The van der Waals surface area contributed by atoms with Gasteiger partial charge in [0.05, 0.1) is 19.8 Å². The number of hydrogen-bond donors (Lipinski definition) is 3. The van der Waals surface area contributed by atoms with Crippen molar-refractivity contribution >= 4 is 46.5 Å². The van der Waals surface area contributed by atoms with Crippen molar-refractivity contribution in [2.24, 2.45) is 0 Å². The van der Waals surface area contributed by atoms with Crippen LogP contribution in [0.3, 0.4) is 0 Å². The van der Waals surface area contributed by atoms with Crippen molar-refractivity contribution in [1.29, 1.82) is 0 Å². The van der Waals surface area contributed by atoms with Crippen LogP contribution in [0.15, 0.2) is 48.5 Å². The van der Waals surface area contributed by atoms with Crippen LogP contribution in [0.4, 0.5) is 22.7 Å². The summed E-state index contributed by atoms with van der Waals surface area (Å²) in [6.07, 6.45) is 1.89. The van der Waals surface area contributed by atoms with Gasteiger partial charge in [0.25, 0.3) is 11.8 Å². The molecule has 0 aromatic heterocycles. The highest BCUT2D eigenvalue weighted by Crippen LogP contribution is 2.20. The van der Waals surface area contributed by atoms with Crippen LogP contribution < -0.4 is 20.9 Å². The summed E-state index contributed by atoms with van der Waals surface area (Å²) in [4.78, 5) is 48.6. The molecule has 2 aromatic carbocycles. The van der Waals surface area contributed by atoms with E-state index in [0.717, 1.165) is 36.5 Å². The van der Waals surface area contributed by atoms with Crippen LogP contribution in [0.5, 0.6) is 0 Å². The predicted molar refractivity (Wildman–Crippen MR) is 186 cm³/mol. The first-order valence-electron chi connectivity index (χ1n) is 16.3. The van der Waals surface area contributed by atoms with Gasteiger partial charge in [0, 0.05) is 55.2 Å². The zero-order valence-electron chi connectivity index (χ0n) is 27.8. The van der Waals surface area contributed by atoms with E-state index < -0.39 is 6.10 Å². The normalized spacial score (nSPS) is 17.2. The molecule has 3 aliphatic rings. The highest BCUT2D eigenvalue weighted by molar-refractivity contribution is 5.95. The lowest BCUT2D eigenvalue weighted by molar-refractivity contribution is -0.146. The SMILES string of the molecule is C.CCCC(=O)OC[C@H](O)CNc1ccc(N2CCOCC2=O)cc1.CCCC(=O)OC[C@H]1CO1.Nc1ccc(N2CCOCC2=O)cc1. The number of aliphatic hydroxyl groups is 1. The number of nitrogens with zero attached hydrogens (tertiary/aromatic N) is 2. The van der Waals surface area contributed by atoms with Gasteiger partial charge in [0.2, 0.25) is 0 Å². The second kappa shape index (κ2) is 22.4. The van der Waals surface area contributed by atoms with E-state index in [1.165, 1.54) is 0 Å². The number of anilines is 4. The third-order valence-corrected chi connectivity index (χ3v) is 7.07. The van der Waals surface area contributed by atoms with Gasteiger partial charge in [-0.2, -0.15) is 0 Å². The second-order valence-corrected chi connectivity index (χ2v) is 11.2. The number of nitrogen functional groups attached to an aromatic ring is 1. The molecule has 0 bridgehead atoms. The van der Waals surface area contributed by atoms with E-state index in [4.69, 9.17) is 29.4 Å². The molecule has 272 valence electrons. The van der Waals surface area contributed by atoms with Gasteiger partial charge in [-0.15, -0.1) is 0 Å². The topological polar surface area (TPSA) is 182 Å². The van der Waals surface area contributed by atoms with Gasteiger partial charge in [0.1, 0.15) is 38.6 Å². The average molecular weight is 689 g/mol. The lowest BCUT2D eigenvalue weighted by atomic mass is 10.2. The van der Waals surface area contributed by atoms with E-state index in [1.807, 2.05) is 50.2 Å². The first-order valence-corrected chi connectivity index (χ1v) is 16.3. The minimum absolute atomic E-state index is 0. The molecule has 3 fully saturated rings. The van der Waals surface area contributed by atoms with Crippen molar-refractivity contribution in [2.45, 2.75) is 59.2 Å². The summed E-state index contributed by atoms with van der Waals surface area (Å²) in [5.41, 5.74) is 8.79. The maximum atomic E-state index is 11.8. The number of nitrogens with two attached hydrogens (primary N) is 1. The molecule has 49 heavy (non-hydrogen) atoms. The number of hydrogen-bond acceptors (Lipinski definition) is 12. The van der Waals surface area contributed by atoms with Crippen molar-refractivity contribution in [3.8, 4) is 0 Å². The summed E-state index contributed by atoms with van der Waals surface area (Å²) in [5, 5.41) is 12.9. The first-order chi connectivity index (χ1) is 23.2. The molecular formula is C35H52N4O10. The Labute approximate surface area is 288 Å². The number of morpholine rings is 2. The van der Waals surface area contributed by atoms with Crippen LogP contribution >= 0.6 is 0 Å². The number of aliphatic hydroxyl groups excluding tert-OH is 1. The van der Waals surface area contributed by atoms with Crippen molar-refractivity contribution < 1.29 is 48.0 Å². The molecule has 3 saturated heterocycles. The van der Waals surface area contributed by atoms with Gasteiger partial charge >= 0.3 is 11.9 Å². The molecule has 2 aromatic rings. The maximum Gasteiger partial charge on any atom is 0.305 e. The van der Waals surface area contributed by atoms with E-state index in [-0.39, 0.29) is 63.6 Å². The summed E-state index contributed by atoms with van der Waals surface area (Å²) in [6.45, 7) is 7.87. The fourth-order valence-electron chi connectivity index (χ4n) is 4.38. The number of rotatable bonds is 13. The zero-order chi connectivity index (χ0) is 34.7. The lowest BCUT2D eigenvalue weighted by Crippen LogP contribution is -2.41. The molecule has 5 rings (SSSR count). The molecule has 3 aliphatic heterocycles. The molecule has 4 N–H and O–H groups in total. The number of carbonyl (C=O) groups excluding carboxylic acids is 4. The van der Waals surface area contributed by atoms with Crippen molar-refractivity contribution in [3.63, 3.8) is 0 Å². The van der Waals surface area contributed by atoms with Gasteiger partial charge in [-0.3, -0.25) is 19.2 Å². The monoisotopic (exact) mass is 688 g/mol. The van der Waals surface area contributed by atoms with E-state index >= 15 is 0 Å². The number of epoxide rings is 1. The number of amides is 2. The second-order valence-electron chi connectivity index (χ2n) is 11.2. The number of ether oxygens (including phenoxy) is 5. The molecule has 0 spiro atoms. The fourth-order valence-corrected chi connectivity index (χ4v) is 4.38. The highest BCUT2D eigenvalue weighted by Gasteiger charge is 2.24. The summed E-state index contributed by atoms with van der Waals surface area (Å²) in [6, 6.07) is 14.6. The Morgan fingerprint density at radius 1 is 0.878 bits per heavy atom. The van der Waals surface area contributed by atoms with Crippen molar-refractivity contribution in [1.82, 2.24) is 0 Å². The number of benzene rings is 2. The number of nitrogens with one attached hydrogen (secondary N) is 1. The molecule has 14 nitrogen and oxygen atoms in total. The molecule has 2 amide bonds. The smallest absolute Gasteiger partial charge is 0.305 e. The largest absolute Gasteiger partial charge is 0.463 e. The van der Waals surface area contributed by atoms with Crippen LogP contribution in [-0.2, 0) is 42.9 Å². The number of carbonyl (C=O) groups is 4. The zero-order valence-corrected chi connectivity index (χ0v) is 27.8. The molecule has 0 saturated carbocycles. The van der Waals surface area contributed by atoms with Crippen LogP contribution in [0.25, 0.3) is 0 Å². The minimum Gasteiger partial charge on any atom is -0.463 e. The molecule has 0 radical (unpaired) electrons. The van der Waals surface area contributed by atoms with Gasteiger partial charge in [0.15, 0.2) is 0 Å². The standard InChI is InChI=1S/C17H24N2O5.C10H12N2O2.C7H12O3.CH4/c1-2-3-17(22)24-11-15(20)10-18-13-4-6-14(7-5-13)19-8-9-23-12-16(19)21;11-8-1-3-9(4-2-8)12-5-6-14-7-10(12)13;1-2-3-7(8)10-5-6-4-9-6;/h4-7,15,18,20H,2-3,8-12H2,1H3;1-4H,5-7,11H2;6H,2-5H2,1H3;1H4/t15-;;6-;/m1.1./s1. The predicted octanol–water partition coefficient (Wildman–Crippen LogP) is 3.16. The van der Waals surface area contributed by atoms with E-state index in [0.29, 0.717) is 51.4 Å². The Hall–Kier alpha value is -4.24. The van der Waals surface area contributed by atoms with E-state index in [9.17, 15) is 24.3 Å². The van der Waals surface area contributed by atoms with E-state index in [2.05, 4.69) is 5.32 Å².